The lowest BCUT2D eigenvalue weighted by Gasteiger charge is -2.32. The summed E-state index contributed by atoms with van der Waals surface area (Å²) in [6.45, 7) is 2.71. The molecule has 3 aromatic rings. The number of hydrogen-bond acceptors (Lipinski definition) is 6. The summed E-state index contributed by atoms with van der Waals surface area (Å²) in [5.74, 6) is 0.957. The van der Waals surface area contributed by atoms with Crippen molar-refractivity contribution in [3.05, 3.63) is 58.3 Å². The van der Waals surface area contributed by atoms with Gasteiger partial charge in [0.05, 0.1) is 17.3 Å². The molecule has 1 amide bonds. The summed E-state index contributed by atoms with van der Waals surface area (Å²) in [6.07, 6.45) is 1.88. The Kier molecular flexibility index (Phi) is 6.04. The van der Waals surface area contributed by atoms with E-state index in [9.17, 15) is 4.79 Å². The standard InChI is InChI=1S/C20H21ClN4O2S/c21-16-7-2-1-5-14(16)12-25-9-3-6-15(13-25)20(26)22-11-18-23-19(24-27-18)17-8-4-10-28-17/h1-2,4-5,7-8,10,15H,3,6,9,11-13H2,(H,22,26). The number of likely N-dealkylation sites (tertiary alicyclic amines) is 1. The molecule has 2 aromatic heterocycles. The Labute approximate surface area is 172 Å². The zero-order valence-corrected chi connectivity index (χ0v) is 16.9. The molecule has 1 aliphatic rings. The topological polar surface area (TPSA) is 71.3 Å². The first kappa shape index (κ1) is 19.1. The molecule has 28 heavy (non-hydrogen) atoms. The summed E-state index contributed by atoms with van der Waals surface area (Å²) >= 11 is 7.82. The Morgan fingerprint density at radius 1 is 1.32 bits per heavy atom. The van der Waals surface area contributed by atoms with E-state index in [4.69, 9.17) is 16.1 Å². The summed E-state index contributed by atoms with van der Waals surface area (Å²) in [6, 6.07) is 11.7. The normalized spacial score (nSPS) is 17.5. The lowest BCUT2D eigenvalue weighted by molar-refractivity contribution is -0.127. The SMILES string of the molecule is O=C(NCc1nc(-c2cccs2)no1)C1CCCN(Cc2ccccc2Cl)C1. The number of rotatable bonds is 6. The van der Waals surface area contributed by atoms with Crippen molar-refractivity contribution >= 4 is 28.8 Å². The van der Waals surface area contributed by atoms with Crippen LogP contribution >= 0.6 is 22.9 Å². The van der Waals surface area contributed by atoms with Gasteiger partial charge in [-0.05, 0) is 42.5 Å². The van der Waals surface area contributed by atoms with Gasteiger partial charge in [-0.2, -0.15) is 4.98 Å². The molecular weight excluding hydrogens is 396 g/mol. The monoisotopic (exact) mass is 416 g/mol. The minimum absolute atomic E-state index is 0.0275. The molecule has 1 saturated heterocycles. The fourth-order valence-electron chi connectivity index (χ4n) is 3.42. The van der Waals surface area contributed by atoms with Crippen molar-refractivity contribution < 1.29 is 9.32 Å². The molecular formula is C20H21ClN4O2S. The third-order valence-corrected chi connectivity index (χ3v) is 6.09. The van der Waals surface area contributed by atoms with Crippen LogP contribution in [0.4, 0.5) is 0 Å². The highest BCUT2D eigenvalue weighted by Crippen LogP contribution is 2.23. The number of nitrogens with zero attached hydrogens (tertiary/aromatic N) is 3. The van der Waals surface area contributed by atoms with Gasteiger partial charge in [-0.15, -0.1) is 11.3 Å². The van der Waals surface area contributed by atoms with Crippen LogP contribution in [0.1, 0.15) is 24.3 Å². The maximum absolute atomic E-state index is 12.6. The minimum atomic E-state index is -0.0454. The fraction of sp³-hybridized carbons (Fsp3) is 0.350. The van der Waals surface area contributed by atoms with Gasteiger partial charge in [0.2, 0.25) is 17.6 Å². The lowest BCUT2D eigenvalue weighted by Crippen LogP contribution is -2.42. The first-order valence-electron chi connectivity index (χ1n) is 9.29. The number of benzene rings is 1. The average molecular weight is 417 g/mol. The van der Waals surface area contributed by atoms with Crippen molar-refractivity contribution in [2.75, 3.05) is 13.1 Å². The van der Waals surface area contributed by atoms with Gasteiger partial charge in [0, 0.05) is 18.1 Å². The Balaban J connectivity index is 1.30. The van der Waals surface area contributed by atoms with Gasteiger partial charge >= 0.3 is 0 Å². The molecule has 0 spiro atoms. The van der Waals surface area contributed by atoms with Gasteiger partial charge in [0.1, 0.15) is 0 Å². The number of thiophene rings is 1. The number of halogens is 1. The smallest absolute Gasteiger partial charge is 0.246 e. The zero-order chi connectivity index (χ0) is 19.3. The number of carbonyl (C=O) groups is 1. The molecule has 1 aromatic carbocycles. The van der Waals surface area contributed by atoms with Crippen molar-refractivity contribution in [3.63, 3.8) is 0 Å². The predicted octanol–water partition coefficient (Wildman–Crippen LogP) is 3.98. The van der Waals surface area contributed by atoms with E-state index in [1.165, 1.54) is 0 Å². The summed E-state index contributed by atoms with van der Waals surface area (Å²) in [5, 5.41) is 9.64. The van der Waals surface area contributed by atoms with Gasteiger partial charge < -0.3 is 9.84 Å². The highest BCUT2D eigenvalue weighted by Gasteiger charge is 2.26. The van der Waals surface area contributed by atoms with Crippen LogP contribution in [-0.2, 0) is 17.9 Å². The average Bonchev–Trinajstić information content (AvgIpc) is 3.40. The van der Waals surface area contributed by atoms with Crippen LogP contribution in [0.3, 0.4) is 0 Å². The van der Waals surface area contributed by atoms with Crippen molar-refractivity contribution in [1.29, 1.82) is 0 Å². The Bertz CT molecular complexity index is 928. The third-order valence-electron chi connectivity index (χ3n) is 4.85. The summed E-state index contributed by atoms with van der Waals surface area (Å²) < 4.78 is 5.25. The van der Waals surface area contributed by atoms with E-state index in [0.717, 1.165) is 47.9 Å². The van der Waals surface area contributed by atoms with Gasteiger partial charge in [-0.3, -0.25) is 9.69 Å². The number of aromatic nitrogens is 2. The molecule has 0 saturated carbocycles. The first-order valence-corrected chi connectivity index (χ1v) is 10.5. The van der Waals surface area contributed by atoms with E-state index < -0.39 is 0 Å². The molecule has 1 atom stereocenters. The van der Waals surface area contributed by atoms with Crippen LogP contribution in [0.15, 0.2) is 46.3 Å². The van der Waals surface area contributed by atoms with Crippen molar-refractivity contribution in [2.24, 2.45) is 5.92 Å². The van der Waals surface area contributed by atoms with E-state index >= 15 is 0 Å². The Morgan fingerprint density at radius 3 is 3.04 bits per heavy atom. The van der Waals surface area contributed by atoms with E-state index in [1.54, 1.807) is 11.3 Å². The highest BCUT2D eigenvalue weighted by atomic mass is 35.5. The summed E-state index contributed by atoms with van der Waals surface area (Å²) in [4.78, 5) is 20.2. The van der Waals surface area contributed by atoms with Crippen molar-refractivity contribution in [3.8, 4) is 10.7 Å². The number of carbonyl (C=O) groups excluding carboxylic acids is 1. The van der Waals surface area contributed by atoms with Crippen LogP contribution in [0.2, 0.25) is 5.02 Å². The van der Waals surface area contributed by atoms with Crippen molar-refractivity contribution in [2.45, 2.75) is 25.9 Å². The Morgan fingerprint density at radius 2 is 2.21 bits per heavy atom. The molecule has 0 aliphatic carbocycles. The van der Waals surface area contributed by atoms with Crippen LogP contribution < -0.4 is 5.32 Å². The maximum Gasteiger partial charge on any atom is 0.246 e. The van der Waals surface area contributed by atoms with Crippen LogP contribution in [0.25, 0.3) is 10.7 Å². The second-order valence-corrected chi connectivity index (χ2v) is 8.23. The number of piperidine rings is 1. The summed E-state index contributed by atoms with van der Waals surface area (Å²) in [7, 11) is 0. The first-order chi connectivity index (χ1) is 13.7. The predicted molar refractivity (Wildman–Crippen MR) is 109 cm³/mol. The maximum atomic E-state index is 12.6. The molecule has 4 rings (SSSR count). The van der Waals surface area contributed by atoms with Gasteiger partial charge in [-0.1, -0.05) is 41.0 Å². The molecule has 3 heterocycles. The fourth-order valence-corrected chi connectivity index (χ4v) is 4.26. The van der Waals surface area contributed by atoms with E-state index in [2.05, 4.69) is 20.4 Å². The number of nitrogens with one attached hydrogen (secondary N) is 1. The van der Waals surface area contributed by atoms with Gasteiger partial charge in [-0.25, -0.2) is 0 Å². The third kappa shape index (κ3) is 4.60. The molecule has 0 bridgehead atoms. The minimum Gasteiger partial charge on any atom is -0.347 e. The molecule has 146 valence electrons. The molecule has 1 unspecified atom stereocenters. The van der Waals surface area contributed by atoms with Gasteiger partial charge in [0.15, 0.2) is 0 Å². The molecule has 1 fully saturated rings. The van der Waals surface area contributed by atoms with Gasteiger partial charge in [0.25, 0.3) is 0 Å². The zero-order valence-electron chi connectivity index (χ0n) is 15.3. The molecule has 0 radical (unpaired) electrons. The van der Waals surface area contributed by atoms with Crippen LogP contribution in [-0.4, -0.2) is 34.0 Å². The van der Waals surface area contributed by atoms with Crippen LogP contribution in [0, 0.1) is 5.92 Å². The van der Waals surface area contributed by atoms with E-state index in [0.29, 0.717) is 11.7 Å². The van der Waals surface area contributed by atoms with Crippen molar-refractivity contribution in [1.82, 2.24) is 20.4 Å². The number of amides is 1. The van der Waals surface area contributed by atoms with Crippen LogP contribution in [0.5, 0.6) is 0 Å². The Hall–Kier alpha value is -2.22. The second-order valence-electron chi connectivity index (χ2n) is 6.87. The second kappa shape index (κ2) is 8.86. The van der Waals surface area contributed by atoms with E-state index in [1.807, 2.05) is 41.8 Å². The molecule has 1 N–H and O–H groups in total. The van der Waals surface area contributed by atoms with E-state index in [-0.39, 0.29) is 18.4 Å². The highest BCUT2D eigenvalue weighted by molar-refractivity contribution is 7.13. The largest absolute Gasteiger partial charge is 0.347 e. The molecule has 6 nitrogen and oxygen atoms in total. The lowest BCUT2D eigenvalue weighted by atomic mass is 9.96. The molecule has 1 aliphatic heterocycles. The number of hydrogen-bond donors (Lipinski definition) is 1. The summed E-state index contributed by atoms with van der Waals surface area (Å²) in [5.41, 5.74) is 1.09. The molecule has 8 heteroatoms. The quantitative estimate of drug-likeness (QED) is 0.658.